The fourth-order valence-corrected chi connectivity index (χ4v) is 2.32. The van der Waals surface area contributed by atoms with Crippen molar-refractivity contribution in [2.75, 3.05) is 6.54 Å². The number of piperidine rings is 1. The maximum atomic E-state index is 13.9. The molecule has 1 aromatic carbocycles. The zero-order valence-electron chi connectivity index (χ0n) is 10.7. The quantitative estimate of drug-likeness (QED) is 0.845. The van der Waals surface area contributed by atoms with Crippen molar-refractivity contribution in [1.82, 2.24) is 5.32 Å². The van der Waals surface area contributed by atoms with Crippen LogP contribution in [0.25, 0.3) is 0 Å². The van der Waals surface area contributed by atoms with E-state index in [9.17, 15) is 13.2 Å². The lowest BCUT2D eigenvalue weighted by molar-refractivity contribution is 0.219. The molecule has 0 spiro atoms. The van der Waals surface area contributed by atoms with Gasteiger partial charge in [-0.2, -0.15) is 0 Å². The van der Waals surface area contributed by atoms with Crippen molar-refractivity contribution in [3.63, 3.8) is 0 Å². The Morgan fingerprint density at radius 2 is 1.94 bits per heavy atom. The van der Waals surface area contributed by atoms with E-state index in [-0.39, 0.29) is 17.2 Å². The van der Waals surface area contributed by atoms with Crippen molar-refractivity contribution < 1.29 is 13.2 Å². The first-order valence-corrected chi connectivity index (χ1v) is 6.31. The molecule has 1 aliphatic rings. The molecule has 1 unspecified atom stereocenters. The zero-order chi connectivity index (χ0) is 13.3. The first-order valence-electron chi connectivity index (χ1n) is 6.31. The van der Waals surface area contributed by atoms with Crippen molar-refractivity contribution in [2.45, 2.75) is 44.8 Å². The summed E-state index contributed by atoms with van der Waals surface area (Å²) in [4.78, 5) is 0. The summed E-state index contributed by atoms with van der Waals surface area (Å²) < 4.78 is 41.2. The van der Waals surface area contributed by atoms with Crippen LogP contribution in [0.4, 0.5) is 13.2 Å². The topological polar surface area (TPSA) is 12.0 Å². The molecule has 0 saturated carbocycles. The van der Waals surface area contributed by atoms with E-state index in [1.54, 1.807) is 0 Å². The average Bonchev–Trinajstić information content (AvgIpc) is 2.32. The highest BCUT2D eigenvalue weighted by Crippen LogP contribution is 2.32. The summed E-state index contributed by atoms with van der Waals surface area (Å²) >= 11 is 0. The molecule has 1 fully saturated rings. The van der Waals surface area contributed by atoms with Gasteiger partial charge in [0.2, 0.25) is 0 Å². The molecule has 0 radical (unpaired) electrons. The molecule has 1 aromatic rings. The van der Waals surface area contributed by atoms with Gasteiger partial charge in [-0.1, -0.05) is 6.42 Å². The second-order valence-corrected chi connectivity index (χ2v) is 5.34. The van der Waals surface area contributed by atoms with E-state index < -0.39 is 17.3 Å². The summed E-state index contributed by atoms with van der Waals surface area (Å²) in [6, 6.07) is 2.18. The molecule has 0 aliphatic carbocycles. The lowest BCUT2D eigenvalue weighted by Gasteiger charge is -2.26. The monoisotopic (exact) mass is 257 g/mol. The molecule has 4 heteroatoms. The SMILES string of the molecule is CC(C)(F)c1cc(F)c(F)c(C2CCCCN2)c1. The highest BCUT2D eigenvalue weighted by atomic mass is 19.2. The van der Waals surface area contributed by atoms with Crippen LogP contribution in [-0.2, 0) is 5.67 Å². The lowest BCUT2D eigenvalue weighted by Crippen LogP contribution is -2.28. The summed E-state index contributed by atoms with van der Waals surface area (Å²) in [5.41, 5.74) is -1.24. The highest BCUT2D eigenvalue weighted by molar-refractivity contribution is 5.32. The van der Waals surface area contributed by atoms with E-state index in [0.29, 0.717) is 0 Å². The standard InChI is InChI=1S/C14H18F3N/c1-14(2,17)9-7-10(13(16)11(15)8-9)12-5-3-4-6-18-12/h7-8,12,18H,3-6H2,1-2H3. The van der Waals surface area contributed by atoms with Gasteiger partial charge in [-0.15, -0.1) is 0 Å². The minimum absolute atomic E-state index is 0.184. The largest absolute Gasteiger partial charge is 0.310 e. The first-order chi connectivity index (χ1) is 8.39. The minimum atomic E-state index is -1.67. The van der Waals surface area contributed by atoms with Gasteiger partial charge in [0.1, 0.15) is 5.67 Å². The third kappa shape index (κ3) is 2.69. The van der Waals surface area contributed by atoms with Gasteiger partial charge in [0, 0.05) is 11.6 Å². The first kappa shape index (κ1) is 13.4. The highest BCUT2D eigenvalue weighted by Gasteiger charge is 2.26. The molecule has 1 saturated heterocycles. The summed E-state index contributed by atoms with van der Waals surface area (Å²) in [5, 5.41) is 3.15. The number of halogens is 3. The lowest BCUT2D eigenvalue weighted by atomic mass is 9.91. The Labute approximate surface area is 105 Å². The van der Waals surface area contributed by atoms with Crippen LogP contribution in [0.1, 0.15) is 50.3 Å². The van der Waals surface area contributed by atoms with Crippen molar-refractivity contribution in [1.29, 1.82) is 0 Å². The van der Waals surface area contributed by atoms with Gasteiger partial charge in [0.05, 0.1) is 0 Å². The van der Waals surface area contributed by atoms with Crippen molar-refractivity contribution in [3.8, 4) is 0 Å². The Bertz CT molecular complexity index is 431. The summed E-state index contributed by atoms with van der Waals surface area (Å²) in [6.45, 7) is 3.48. The number of rotatable bonds is 2. The Hall–Kier alpha value is -1.03. The van der Waals surface area contributed by atoms with Crippen LogP contribution in [0.15, 0.2) is 12.1 Å². The van der Waals surface area contributed by atoms with Crippen LogP contribution >= 0.6 is 0 Å². The van der Waals surface area contributed by atoms with Crippen molar-refractivity contribution in [3.05, 3.63) is 34.9 Å². The number of hydrogen-bond donors (Lipinski definition) is 1. The molecule has 1 nitrogen and oxygen atoms in total. The maximum Gasteiger partial charge on any atom is 0.163 e. The normalized spacial score (nSPS) is 21.1. The smallest absolute Gasteiger partial charge is 0.163 e. The second kappa shape index (κ2) is 4.92. The molecule has 2 rings (SSSR count). The third-order valence-electron chi connectivity index (χ3n) is 3.43. The molecular formula is C14H18F3N. The van der Waals surface area contributed by atoms with Gasteiger partial charge in [-0.05, 0) is 50.9 Å². The van der Waals surface area contributed by atoms with E-state index in [2.05, 4.69) is 5.32 Å². The van der Waals surface area contributed by atoms with Crippen LogP contribution < -0.4 is 5.32 Å². The molecule has 1 heterocycles. The molecular weight excluding hydrogens is 239 g/mol. The Morgan fingerprint density at radius 1 is 1.22 bits per heavy atom. The van der Waals surface area contributed by atoms with Crippen molar-refractivity contribution >= 4 is 0 Å². The summed E-state index contributed by atoms with van der Waals surface area (Å²) in [7, 11) is 0. The van der Waals surface area contributed by atoms with Crippen LogP contribution in [0, 0.1) is 11.6 Å². The summed E-state index contributed by atoms with van der Waals surface area (Å²) in [6.07, 6.45) is 2.77. The van der Waals surface area contributed by atoms with E-state index in [0.717, 1.165) is 31.9 Å². The molecule has 1 aliphatic heterocycles. The van der Waals surface area contributed by atoms with Gasteiger partial charge >= 0.3 is 0 Å². The molecule has 18 heavy (non-hydrogen) atoms. The van der Waals surface area contributed by atoms with Gasteiger partial charge in [0.25, 0.3) is 0 Å². The Balaban J connectivity index is 2.42. The molecule has 0 amide bonds. The van der Waals surface area contributed by atoms with Gasteiger partial charge in [-0.3, -0.25) is 0 Å². The number of hydrogen-bond acceptors (Lipinski definition) is 1. The van der Waals surface area contributed by atoms with Crippen molar-refractivity contribution in [2.24, 2.45) is 0 Å². The van der Waals surface area contributed by atoms with Crippen LogP contribution in [0.2, 0.25) is 0 Å². The average molecular weight is 257 g/mol. The molecule has 0 aromatic heterocycles. The molecule has 100 valence electrons. The second-order valence-electron chi connectivity index (χ2n) is 5.34. The van der Waals surface area contributed by atoms with E-state index in [4.69, 9.17) is 0 Å². The van der Waals surface area contributed by atoms with Crippen LogP contribution in [0.3, 0.4) is 0 Å². The number of benzene rings is 1. The van der Waals surface area contributed by atoms with Gasteiger partial charge < -0.3 is 5.32 Å². The predicted molar refractivity (Wildman–Crippen MR) is 65.1 cm³/mol. The minimum Gasteiger partial charge on any atom is -0.310 e. The van der Waals surface area contributed by atoms with Crippen LogP contribution in [-0.4, -0.2) is 6.54 Å². The molecule has 1 N–H and O–H groups in total. The maximum absolute atomic E-state index is 13.9. The molecule has 0 bridgehead atoms. The fourth-order valence-electron chi connectivity index (χ4n) is 2.32. The van der Waals surface area contributed by atoms with Gasteiger partial charge in [0.15, 0.2) is 11.6 Å². The Morgan fingerprint density at radius 3 is 2.50 bits per heavy atom. The number of alkyl halides is 1. The summed E-state index contributed by atoms with van der Waals surface area (Å²) in [5.74, 6) is -1.83. The van der Waals surface area contributed by atoms with E-state index >= 15 is 0 Å². The Kier molecular flexibility index (Phi) is 3.66. The third-order valence-corrected chi connectivity index (χ3v) is 3.43. The fraction of sp³-hybridized carbons (Fsp3) is 0.571. The van der Waals surface area contributed by atoms with Crippen LogP contribution in [0.5, 0.6) is 0 Å². The van der Waals surface area contributed by atoms with E-state index in [1.807, 2.05) is 0 Å². The zero-order valence-corrected chi connectivity index (χ0v) is 10.7. The number of nitrogens with one attached hydrogen (secondary N) is 1. The van der Waals surface area contributed by atoms with Gasteiger partial charge in [-0.25, -0.2) is 13.2 Å². The van der Waals surface area contributed by atoms with E-state index in [1.165, 1.54) is 19.9 Å². The molecule has 1 atom stereocenters. The predicted octanol–water partition coefficient (Wildman–Crippen LogP) is 3.98.